The molecule has 1 heterocycles. The number of hydrogen-bond acceptors (Lipinski definition) is 5. The van der Waals surface area contributed by atoms with Crippen molar-refractivity contribution in [2.75, 3.05) is 20.2 Å². The number of hydrogen-bond donors (Lipinski definition) is 0. The van der Waals surface area contributed by atoms with Crippen LogP contribution in [0.5, 0.6) is 5.75 Å². The van der Waals surface area contributed by atoms with Gasteiger partial charge in [0.1, 0.15) is 18.2 Å². The summed E-state index contributed by atoms with van der Waals surface area (Å²) in [6.07, 6.45) is 0. The molecular weight excluding hydrogens is 359 g/mol. The normalized spacial score (nSPS) is 10.7. The van der Waals surface area contributed by atoms with Crippen LogP contribution >= 0.6 is 11.3 Å². The fourth-order valence-electron chi connectivity index (χ4n) is 2.37. The lowest BCUT2D eigenvalue weighted by Gasteiger charge is -2.16. The predicted octanol–water partition coefficient (Wildman–Crippen LogP) is 4.10. The lowest BCUT2D eigenvalue weighted by atomic mass is 10.2. The van der Waals surface area contributed by atoms with Gasteiger partial charge in [0.25, 0.3) is 11.6 Å². The molecule has 1 amide bonds. The van der Waals surface area contributed by atoms with Crippen molar-refractivity contribution < 1.29 is 18.8 Å². The Balaban J connectivity index is 1.63. The van der Waals surface area contributed by atoms with Gasteiger partial charge in [-0.1, -0.05) is 0 Å². The highest BCUT2D eigenvalue weighted by molar-refractivity contribution is 7.20. The van der Waals surface area contributed by atoms with Gasteiger partial charge in [-0.2, -0.15) is 0 Å². The van der Waals surface area contributed by atoms with E-state index >= 15 is 0 Å². The number of halogens is 1. The summed E-state index contributed by atoms with van der Waals surface area (Å²) in [5.74, 6) is 0.00706. The SMILES string of the molecule is CN(CCOc1ccc(F)cc1)C(=O)c1cc2cc([N+](=O)[O-])ccc2s1. The molecule has 0 aliphatic carbocycles. The van der Waals surface area contributed by atoms with Gasteiger partial charge < -0.3 is 9.64 Å². The van der Waals surface area contributed by atoms with Crippen molar-refractivity contribution in [3.05, 3.63) is 69.3 Å². The Morgan fingerprint density at radius 2 is 1.96 bits per heavy atom. The van der Waals surface area contributed by atoms with Crippen LogP contribution in [-0.4, -0.2) is 35.9 Å². The van der Waals surface area contributed by atoms with Crippen molar-refractivity contribution >= 4 is 33.0 Å². The molecule has 0 bridgehead atoms. The highest BCUT2D eigenvalue weighted by atomic mass is 32.1. The number of rotatable bonds is 6. The third-order valence-corrected chi connectivity index (χ3v) is 4.88. The van der Waals surface area contributed by atoms with Crippen molar-refractivity contribution in [2.24, 2.45) is 0 Å². The average Bonchev–Trinajstić information content (AvgIpc) is 3.05. The predicted molar refractivity (Wildman–Crippen MR) is 97.3 cm³/mol. The van der Waals surface area contributed by atoms with Crippen molar-refractivity contribution in [1.82, 2.24) is 4.90 Å². The van der Waals surface area contributed by atoms with Crippen molar-refractivity contribution in [1.29, 1.82) is 0 Å². The standard InChI is InChI=1S/C18H15FN2O4S/c1-20(8-9-25-15-5-2-13(19)3-6-15)18(22)17-11-12-10-14(21(23)24)4-7-16(12)26-17/h2-7,10-11H,8-9H2,1H3. The number of carbonyl (C=O) groups is 1. The van der Waals surface area contributed by atoms with E-state index in [1.54, 1.807) is 19.2 Å². The molecule has 0 aliphatic heterocycles. The van der Waals surface area contributed by atoms with E-state index in [0.29, 0.717) is 22.6 Å². The summed E-state index contributed by atoms with van der Waals surface area (Å²) in [5, 5.41) is 11.5. The van der Waals surface area contributed by atoms with Crippen LogP contribution in [-0.2, 0) is 0 Å². The van der Waals surface area contributed by atoms with Crippen LogP contribution in [0.4, 0.5) is 10.1 Å². The van der Waals surface area contributed by atoms with E-state index in [-0.39, 0.29) is 24.0 Å². The molecule has 1 aromatic heterocycles. The molecule has 0 unspecified atom stereocenters. The molecule has 0 saturated heterocycles. The highest BCUT2D eigenvalue weighted by Crippen LogP contribution is 2.29. The molecule has 0 fully saturated rings. The first-order chi connectivity index (χ1) is 12.4. The van der Waals surface area contributed by atoms with Crippen LogP contribution in [0.1, 0.15) is 9.67 Å². The molecule has 0 spiro atoms. The largest absolute Gasteiger partial charge is 0.492 e. The summed E-state index contributed by atoms with van der Waals surface area (Å²) in [7, 11) is 1.66. The Morgan fingerprint density at radius 1 is 1.23 bits per heavy atom. The number of thiophene rings is 1. The number of ether oxygens (including phenoxy) is 1. The van der Waals surface area contributed by atoms with E-state index in [2.05, 4.69) is 0 Å². The van der Waals surface area contributed by atoms with Gasteiger partial charge in [-0.15, -0.1) is 11.3 Å². The number of likely N-dealkylation sites (N-methyl/N-ethyl adjacent to an activating group) is 1. The number of amides is 1. The Labute approximate surface area is 152 Å². The van der Waals surface area contributed by atoms with Crippen LogP contribution in [0.2, 0.25) is 0 Å². The van der Waals surface area contributed by atoms with E-state index in [9.17, 15) is 19.3 Å². The Morgan fingerprint density at radius 3 is 2.65 bits per heavy atom. The van der Waals surface area contributed by atoms with E-state index < -0.39 is 4.92 Å². The molecule has 0 saturated carbocycles. The number of nitrogens with zero attached hydrogens (tertiary/aromatic N) is 2. The molecule has 0 aliphatic rings. The second-order valence-electron chi connectivity index (χ2n) is 5.62. The van der Waals surface area contributed by atoms with Gasteiger partial charge in [0.2, 0.25) is 0 Å². The molecule has 0 atom stereocenters. The van der Waals surface area contributed by atoms with E-state index in [1.165, 1.54) is 52.6 Å². The average molecular weight is 374 g/mol. The number of non-ortho nitro benzene ring substituents is 1. The number of carbonyl (C=O) groups excluding carboxylic acids is 1. The lowest BCUT2D eigenvalue weighted by molar-refractivity contribution is -0.384. The zero-order chi connectivity index (χ0) is 18.7. The Kier molecular flexibility index (Phi) is 5.13. The van der Waals surface area contributed by atoms with Crippen molar-refractivity contribution in [3.8, 4) is 5.75 Å². The second kappa shape index (κ2) is 7.49. The number of nitro benzene ring substituents is 1. The second-order valence-corrected chi connectivity index (χ2v) is 6.70. The van der Waals surface area contributed by atoms with E-state index in [4.69, 9.17) is 4.74 Å². The molecule has 8 heteroatoms. The number of nitro groups is 1. The minimum absolute atomic E-state index is 0.00430. The van der Waals surface area contributed by atoms with Gasteiger partial charge >= 0.3 is 0 Å². The van der Waals surface area contributed by atoms with Crippen LogP contribution in [0.3, 0.4) is 0 Å². The molecule has 134 valence electrons. The monoisotopic (exact) mass is 374 g/mol. The zero-order valence-corrected chi connectivity index (χ0v) is 14.7. The fraction of sp³-hybridized carbons (Fsp3) is 0.167. The van der Waals surface area contributed by atoms with Gasteiger partial charge in [-0.25, -0.2) is 4.39 Å². The van der Waals surface area contributed by atoms with Crippen molar-refractivity contribution in [2.45, 2.75) is 0 Å². The third kappa shape index (κ3) is 3.97. The molecule has 6 nitrogen and oxygen atoms in total. The molecular formula is C18H15FN2O4S. The topological polar surface area (TPSA) is 72.7 Å². The van der Waals surface area contributed by atoms with E-state index in [0.717, 1.165) is 4.70 Å². The lowest BCUT2D eigenvalue weighted by Crippen LogP contribution is -2.30. The van der Waals surface area contributed by atoms with Crippen LogP contribution in [0.15, 0.2) is 48.5 Å². The van der Waals surface area contributed by atoms with Crippen molar-refractivity contribution in [3.63, 3.8) is 0 Å². The smallest absolute Gasteiger partial charge is 0.270 e. The summed E-state index contributed by atoms with van der Waals surface area (Å²) >= 11 is 1.29. The molecule has 2 aromatic carbocycles. The zero-order valence-electron chi connectivity index (χ0n) is 13.8. The molecule has 26 heavy (non-hydrogen) atoms. The Hall–Kier alpha value is -3.00. The Bertz CT molecular complexity index is 955. The summed E-state index contributed by atoms with van der Waals surface area (Å²) in [4.78, 5) is 24.9. The molecule has 0 N–H and O–H groups in total. The maximum Gasteiger partial charge on any atom is 0.270 e. The maximum atomic E-state index is 12.8. The van der Waals surface area contributed by atoms with Crippen LogP contribution < -0.4 is 4.74 Å². The minimum atomic E-state index is -0.461. The van der Waals surface area contributed by atoms with E-state index in [1.807, 2.05) is 0 Å². The summed E-state index contributed by atoms with van der Waals surface area (Å²) < 4.78 is 19.1. The molecule has 3 rings (SSSR count). The summed E-state index contributed by atoms with van der Waals surface area (Å²) in [6.45, 7) is 0.620. The maximum absolute atomic E-state index is 12.8. The van der Waals surface area contributed by atoms with Crippen LogP contribution in [0.25, 0.3) is 10.1 Å². The fourth-order valence-corrected chi connectivity index (χ4v) is 3.41. The van der Waals surface area contributed by atoms with Gasteiger partial charge in [0.05, 0.1) is 16.3 Å². The first-order valence-corrected chi connectivity index (χ1v) is 8.57. The third-order valence-electron chi connectivity index (χ3n) is 3.78. The summed E-state index contributed by atoms with van der Waals surface area (Å²) in [6, 6.07) is 11.8. The van der Waals surface area contributed by atoms with Gasteiger partial charge in [-0.05, 0) is 36.4 Å². The van der Waals surface area contributed by atoms with Crippen LogP contribution in [0, 0.1) is 15.9 Å². The van der Waals surface area contributed by atoms with Gasteiger partial charge in [-0.3, -0.25) is 14.9 Å². The minimum Gasteiger partial charge on any atom is -0.492 e. The first kappa shape index (κ1) is 17.8. The number of benzene rings is 2. The number of fused-ring (bicyclic) bond motifs is 1. The van der Waals surface area contributed by atoms with Gasteiger partial charge in [0, 0.05) is 29.3 Å². The van der Waals surface area contributed by atoms with Gasteiger partial charge in [0.15, 0.2) is 0 Å². The molecule has 3 aromatic rings. The summed E-state index contributed by atoms with van der Waals surface area (Å²) in [5.41, 5.74) is -0.00430. The molecule has 0 radical (unpaired) electrons. The highest BCUT2D eigenvalue weighted by Gasteiger charge is 2.16. The quantitative estimate of drug-likeness (QED) is 0.481. The first-order valence-electron chi connectivity index (χ1n) is 7.76.